The molecule has 10 heteroatoms. The van der Waals surface area contributed by atoms with Gasteiger partial charge in [-0.25, -0.2) is 9.97 Å². The normalized spacial score (nSPS) is 16.5. The Labute approximate surface area is 180 Å². The zero-order valence-corrected chi connectivity index (χ0v) is 17.4. The molecule has 4 rings (SSSR count). The fraction of sp³-hybridized carbons (Fsp3) is 0.333. The van der Waals surface area contributed by atoms with Gasteiger partial charge in [-0.3, -0.25) is 14.7 Å². The summed E-state index contributed by atoms with van der Waals surface area (Å²) in [5.74, 6) is -0.382. The summed E-state index contributed by atoms with van der Waals surface area (Å²) in [4.78, 5) is 27.4. The molecule has 1 saturated heterocycles. The highest BCUT2D eigenvalue weighted by Crippen LogP contribution is 2.34. The number of alkyl halides is 3. The molecule has 1 aliphatic rings. The summed E-state index contributed by atoms with van der Waals surface area (Å²) in [6.45, 7) is 2.68. The van der Waals surface area contributed by atoms with E-state index in [-0.39, 0.29) is 24.2 Å². The molecule has 162 valence electrons. The van der Waals surface area contributed by atoms with E-state index in [9.17, 15) is 18.0 Å². The number of carbonyl (C=O) groups excluding carboxylic acids is 1. The smallest absolute Gasteiger partial charge is 0.376 e. The van der Waals surface area contributed by atoms with Crippen LogP contribution in [0.2, 0.25) is 0 Å². The van der Waals surface area contributed by atoms with Crippen LogP contribution in [-0.4, -0.2) is 40.1 Å². The van der Waals surface area contributed by atoms with Gasteiger partial charge in [-0.2, -0.15) is 13.2 Å². The highest BCUT2D eigenvalue weighted by molar-refractivity contribution is 7.14. The molecular weight excluding hydrogens is 429 g/mol. The quantitative estimate of drug-likeness (QED) is 0.563. The number of aryl methyl sites for hydroxylation is 1. The van der Waals surface area contributed by atoms with Crippen LogP contribution in [0.5, 0.6) is 0 Å². The molecule has 0 bridgehead atoms. The van der Waals surface area contributed by atoms with Crippen LogP contribution < -0.4 is 4.90 Å². The maximum absolute atomic E-state index is 13.2. The molecule has 31 heavy (non-hydrogen) atoms. The zero-order valence-electron chi connectivity index (χ0n) is 16.6. The predicted octanol–water partition coefficient (Wildman–Crippen LogP) is 4.75. The van der Waals surface area contributed by atoms with E-state index in [1.54, 1.807) is 18.4 Å². The van der Waals surface area contributed by atoms with E-state index in [4.69, 9.17) is 4.74 Å². The van der Waals surface area contributed by atoms with E-state index in [0.717, 1.165) is 25.0 Å². The number of anilines is 1. The van der Waals surface area contributed by atoms with Crippen molar-refractivity contribution in [2.75, 3.05) is 18.1 Å². The van der Waals surface area contributed by atoms with Crippen molar-refractivity contribution in [3.63, 3.8) is 0 Å². The van der Waals surface area contributed by atoms with E-state index >= 15 is 0 Å². The number of ether oxygens (including phenoxy) is 1. The van der Waals surface area contributed by atoms with Crippen molar-refractivity contribution in [3.8, 4) is 11.3 Å². The molecule has 1 unspecified atom stereocenters. The number of rotatable bonds is 5. The number of hydrogen-bond acceptors (Lipinski definition) is 6. The first-order valence-electron chi connectivity index (χ1n) is 9.66. The molecule has 1 amide bonds. The van der Waals surface area contributed by atoms with E-state index in [0.29, 0.717) is 28.7 Å². The lowest BCUT2D eigenvalue weighted by molar-refractivity contribution is -0.137. The SMILES string of the molecule is Cc1cnc(C(=O)N(CC2CCCO2)c2nc(-c3cccc(C(F)(F)F)c3)cs2)cn1. The minimum absolute atomic E-state index is 0.136. The van der Waals surface area contributed by atoms with Crippen molar-refractivity contribution >= 4 is 22.4 Å². The van der Waals surface area contributed by atoms with Crippen molar-refractivity contribution in [2.45, 2.75) is 32.0 Å². The molecule has 0 aliphatic carbocycles. The second-order valence-electron chi connectivity index (χ2n) is 7.19. The maximum atomic E-state index is 13.2. The van der Waals surface area contributed by atoms with Crippen molar-refractivity contribution < 1.29 is 22.7 Å². The van der Waals surface area contributed by atoms with Crippen LogP contribution in [0.3, 0.4) is 0 Å². The lowest BCUT2D eigenvalue weighted by atomic mass is 10.1. The van der Waals surface area contributed by atoms with Gasteiger partial charge in [0.15, 0.2) is 5.13 Å². The molecule has 1 fully saturated rings. The molecular formula is C21H19F3N4O2S. The summed E-state index contributed by atoms with van der Waals surface area (Å²) in [7, 11) is 0. The monoisotopic (exact) mass is 448 g/mol. The number of aromatic nitrogens is 3. The van der Waals surface area contributed by atoms with Gasteiger partial charge in [0.25, 0.3) is 5.91 Å². The van der Waals surface area contributed by atoms with Crippen LogP contribution in [0, 0.1) is 6.92 Å². The van der Waals surface area contributed by atoms with E-state index < -0.39 is 11.7 Å². The summed E-state index contributed by atoms with van der Waals surface area (Å²) >= 11 is 1.18. The minimum Gasteiger partial charge on any atom is -0.376 e. The van der Waals surface area contributed by atoms with Gasteiger partial charge in [-0.05, 0) is 31.9 Å². The van der Waals surface area contributed by atoms with Crippen LogP contribution in [0.4, 0.5) is 18.3 Å². The summed E-state index contributed by atoms with van der Waals surface area (Å²) in [6, 6.07) is 4.97. The lowest BCUT2D eigenvalue weighted by Gasteiger charge is -2.22. The lowest BCUT2D eigenvalue weighted by Crippen LogP contribution is -2.38. The fourth-order valence-electron chi connectivity index (χ4n) is 3.26. The fourth-order valence-corrected chi connectivity index (χ4v) is 4.10. The third-order valence-corrected chi connectivity index (χ3v) is 5.73. The topological polar surface area (TPSA) is 68.2 Å². The summed E-state index contributed by atoms with van der Waals surface area (Å²) in [5.41, 5.74) is 0.799. The van der Waals surface area contributed by atoms with Crippen LogP contribution in [0.25, 0.3) is 11.3 Å². The molecule has 0 radical (unpaired) electrons. The standard InChI is InChI=1S/C21H19F3N4O2S/c1-13-9-26-17(10-25-13)19(29)28(11-16-6-3-7-30-16)20-27-18(12-31-20)14-4-2-5-15(8-14)21(22,23)24/h2,4-5,8-10,12,16H,3,6-7,11H2,1H3. The zero-order chi connectivity index (χ0) is 22.0. The molecule has 2 aromatic heterocycles. The molecule has 0 N–H and O–H groups in total. The Morgan fingerprint density at radius 3 is 2.81 bits per heavy atom. The third kappa shape index (κ3) is 4.91. The Morgan fingerprint density at radius 2 is 2.13 bits per heavy atom. The average molecular weight is 448 g/mol. The first-order chi connectivity index (χ1) is 14.8. The molecule has 3 heterocycles. The van der Waals surface area contributed by atoms with Gasteiger partial charge in [0.2, 0.25) is 0 Å². The maximum Gasteiger partial charge on any atom is 0.416 e. The van der Waals surface area contributed by atoms with Crippen molar-refractivity contribution in [3.05, 3.63) is 59.0 Å². The molecule has 3 aromatic rings. The number of nitrogens with zero attached hydrogens (tertiary/aromatic N) is 4. The van der Waals surface area contributed by atoms with Gasteiger partial charge in [-0.15, -0.1) is 11.3 Å². The third-order valence-electron chi connectivity index (χ3n) is 4.86. The molecule has 1 aromatic carbocycles. The Balaban J connectivity index is 1.65. The van der Waals surface area contributed by atoms with Crippen LogP contribution in [0.1, 0.15) is 34.6 Å². The van der Waals surface area contributed by atoms with Gasteiger partial charge in [0.1, 0.15) is 5.69 Å². The Kier molecular flexibility index (Phi) is 6.01. The summed E-state index contributed by atoms with van der Waals surface area (Å²) in [6.07, 6.45) is 0.0539. The highest BCUT2D eigenvalue weighted by Gasteiger charge is 2.31. The second-order valence-corrected chi connectivity index (χ2v) is 8.02. The molecule has 1 aliphatic heterocycles. The van der Waals surface area contributed by atoms with Gasteiger partial charge < -0.3 is 4.74 Å². The van der Waals surface area contributed by atoms with Crippen LogP contribution in [-0.2, 0) is 10.9 Å². The number of hydrogen-bond donors (Lipinski definition) is 0. The van der Waals surface area contributed by atoms with Crippen molar-refractivity contribution in [1.29, 1.82) is 0 Å². The van der Waals surface area contributed by atoms with Gasteiger partial charge in [0, 0.05) is 23.7 Å². The van der Waals surface area contributed by atoms with Gasteiger partial charge in [-0.1, -0.05) is 12.1 Å². The van der Waals surface area contributed by atoms with Gasteiger partial charge >= 0.3 is 6.18 Å². The first kappa shape index (κ1) is 21.4. The van der Waals surface area contributed by atoms with E-state index in [1.165, 1.54) is 34.7 Å². The number of thiazole rings is 1. The first-order valence-corrected chi connectivity index (χ1v) is 10.5. The number of carbonyl (C=O) groups is 1. The molecule has 0 saturated carbocycles. The molecule has 6 nitrogen and oxygen atoms in total. The van der Waals surface area contributed by atoms with Crippen molar-refractivity contribution in [2.24, 2.45) is 0 Å². The average Bonchev–Trinajstić information content (AvgIpc) is 3.44. The largest absolute Gasteiger partial charge is 0.416 e. The summed E-state index contributed by atoms with van der Waals surface area (Å²) in [5, 5.41) is 2.01. The molecule has 1 atom stereocenters. The van der Waals surface area contributed by atoms with E-state index in [1.807, 2.05) is 0 Å². The second kappa shape index (κ2) is 8.72. The predicted molar refractivity (Wildman–Crippen MR) is 110 cm³/mol. The number of halogens is 3. The summed E-state index contributed by atoms with van der Waals surface area (Å²) < 4.78 is 44.9. The van der Waals surface area contributed by atoms with Crippen molar-refractivity contribution in [1.82, 2.24) is 15.0 Å². The van der Waals surface area contributed by atoms with Crippen LogP contribution >= 0.6 is 11.3 Å². The molecule has 0 spiro atoms. The minimum atomic E-state index is -4.44. The Hall–Kier alpha value is -2.85. The highest BCUT2D eigenvalue weighted by atomic mass is 32.1. The van der Waals surface area contributed by atoms with E-state index in [2.05, 4.69) is 15.0 Å². The van der Waals surface area contributed by atoms with Crippen LogP contribution in [0.15, 0.2) is 42.0 Å². The Bertz CT molecular complexity index is 1060. The Morgan fingerprint density at radius 1 is 1.29 bits per heavy atom. The number of benzene rings is 1. The van der Waals surface area contributed by atoms with Gasteiger partial charge in [0.05, 0.1) is 35.8 Å². The number of amides is 1.